The van der Waals surface area contributed by atoms with E-state index in [0.717, 1.165) is 10.9 Å². The van der Waals surface area contributed by atoms with Crippen LogP contribution in [-0.2, 0) is 0 Å². The molecule has 2 aromatic heterocycles. The van der Waals surface area contributed by atoms with Crippen LogP contribution in [0.5, 0.6) is 0 Å². The summed E-state index contributed by atoms with van der Waals surface area (Å²) in [5.41, 5.74) is 1.45. The van der Waals surface area contributed by atoms with Crippen LogP contribution in [0.2, 0.25) is 0 Å². The number of hydrogen-bond donors (Lipinski definition) is 1. The molecule has 0 bridgehead atoms. The SMILES string of the molecule is O=C(Nc1cnc2ccccc2c1)c1cccc[n+]1[O-]. The van der Waals surface area contributed by atoms with Gasteiger partial charge in [0.05, 0.1) is 17.4 Å². The number of aromatic nitrogens is 2. The molecule has 0 spiro atoms. The molecule has 0 atom stereocenters. The van der Waals surface area contributed by atoms with Gasteiger partial charge in [0.25, 0.3) is 5.69 Å². The number of pyridine rings is 2. The van der Waals surface area contributed by atoms with Crippen molar-refractivity contribution in [2.24, 2.45) is 0 Å². The molecule has 0 radical (unpaired) electrons. The van der Waals surface area contributed by atoms with Crippen LogP contribution in [0.25, 0.3) is 10.9 Å². The van der Waals surface area contributed by atoms with Crippen molar-refractivity contribution >= 4 is 22.5 Å². The van der Waals surface area contributed by atoms with Crippen molar-refractivity contribution < 1.29 is 9.52 Å². The highest BCUT2D eigenvalue weighted by Crippen LogP contribution is 2.16. The van der Waals surface area contributed by atoms with E-state index in [9.17, 15) is 10.0 Å². The van der Waals surface area contributed by atoms with Gasteiger partial charge in [-0.05, 0) is 18.2 Å². The molecule has 5 heteroatoms. The summed E-state index contributed by atoms with van der Waals surface area (Å²) in [6.45, 7) is 0. The molecule has 1 amide bonds. The Morgan fingerprint density at radius 2 is 1.95 bits per heavy atom. The van der Waals surface area contributed by atoms with Gasteiger partial charge in [0, 0.05) is 17.5 Å². The Labute approximate surface area is 115 Å². The van der Waals surface area contributed by atoms with E-state index in [4.69, 9.17) is 0 Å². The van der Waals surface area contributed by atoms with Crippen LogP contribution in [0.4, 0.5) is 5.69 Å². The van der Waals surface area contributed by atoms with Gasteiger partial charge in [0.2, 0.25) is 0 Å². The minimum Gasteiger partial charge on any atom is -0.618 e. The van der Waals surface area contributed by atoms with Crippen LogP contribution in [0, 0.1) is 5.21 Å². The third-order valence-electron chi connectivity index (χ3n) is 2.91. The Hall–Kier alpha value is -2.95. The number of fused-ring (bicyclic) bond motifs is 1. The standard InChI is InChI=1S/C15H11N3O2/c19-15(14-7-3-4-8-18(14)20)17-12-9-11-5-1-2-6-13(11)16-10-12/h1-10H,(H,17,19). The van der Waals surface area contributed by atoms with E-state index in [0.29, 0.717) is 10.4 Å². The molecule has 3 rings (SSSR count). The minimum atomic E-state index is -0.460. The Balaban J connectivity index is 1.89. The first kappa shape index (κ1) is 12.1. The van der Waals surface area contributed by atoms with Crippen molar-refractivity contribution in [3.8, 4) is 0 Å². The van der Waals surface area contributed by atoms with Gasteiger partial charge in [-0.2, -0.15) is 4.73 Å². The Morgan fingerprint density at radius 1 is 1.15 bits per heavy atom. The van der Waals surface area contributed by atoms with Crippen molar-refractivity contribution in [3.05, 3.63) is 71.8 Å². The Bertz CT molecular complexity index is 787. The number of benzene rings is 1. The predicted molar refractivity (Wildman–Crippen MR) is 75.1 cm³/mol. The lowest BCUT2D eigenvalue weighted by molar-refractivity contribution is -0.607. The first-order valence-corrected chi connectivity index (χ1v) is 6.08. The van der Waals surface area contributed by atoms with Crippen molar-refractivity contribution in [3.63, 3.8) is 0 Å². The number of carbonyl (C=O) groups excluding carboxylic acids is 1. The molecule has 0 aliphatic rings. The van der Waals surface area contributed by atoms with Crippen molar-refractivity contribution in [1.82, 2.24) is 4.98 Å². The van der Waals surface area contributed by atoms with E-state index in [-0.39, 0.29) is 5.69 Å². The fourth-order valence-corrected chi connectivity index (χ4v) is 1.94. The average molecular weight is 265 g/mol. The van der Waals surface area contributed by atoms with Crippen LogP contribution < -0.4 is 10.0 Å². The number of para-hydroxylation sites is 1. The van der Waals surface area contributed by atoms with E-state index < -0.39 is 5.91 Å². The Kier molecular flexibility index (Phi) is 3.01. The molecule has 98 valence electrons. The topological polar surface area (TPSA) is 68.9 Å². The second-order valence-corrected chi connectivity index (χ2v) is 4.28. The van der Waals surface area contributed by atoms with Crippen LogP contribution >= 0.6 is 0 Å². The molecule has 0 aliphatic heterocycles. The summed E-state index contributed by atoms with van der Waals surface area (Å²) in [7, 11) is 0. The highest BCUT2D eigenvalue weighted by Gasteiger charge is 2.15. The van der Waals surface area contributed by atoms with E-state index in [1.54, 1.807) is 18.3 Å². The quantitative estimate of drug-likeness (QED) is 0.570. The van der Waals surface area contributed by atoms with E-state index >= 15 is 0 Å². The molecule has 0 aliphatic carbocycles. The molecule has 1 aromatic carbocycles. The highest BCUT2D eigenvalue weighted by atomic mass is 16.5. The molecule has 0 fully saturated rings. The summed E-state index contributed by atoms with van der Waals surface area (Å²) in [5.74, 6) is -0.460. The summed E-state index contributed by atoms with van der Waals surface area (Å²) >= 11 is 0. The zero-order chi connectivity index (χ0) is 13.9. The number of nitrogens with zero attached hydrogens (tertiary/aromatic N) is 2. The van der Waals surface area contributed by atoms with Gasteiger partial charge in [0.15, 0.2) is 6.20 Å². The lowest BCUT2D eigenvalue weighted by Crippen LogP contribution is -2.36. The molecule has 0 unspecified atom stereocenters. The molecular weight excluding hydrogens is 254 g/mol. The zero-order valence-corrected chi connectivity index (χ0v) is 10.5. The maximum Gasteiger partial charge on any atom is 0.321 e. The fraction of sp³-hybridized carbons (Fsp3) is 0. The van der Waals surface area contributed by atoms with Crippen LogP contribution in [0.1, 0.15) is 10.5 Å². The summed E-state index contributed by atoms with van der Waals surface area (Å²) in [6, 6.07) is 14.1. The number of carbonyl (C=O) groups is 1. The molecule has 20 heavy (non-hydrogen) atoms. The van der Waals surface area contributed by atoms with Crippen LogP contribution in [0.3, 0.4) is 0 Å². The lowest BCUT2D eigenvalue weighted by atomic mass is 10.2. The maximum atomic E-state index is 12.0. The zero-order valence-electron chi connectivity index (χ0n) is 10.5. The third kappa shape index (κ3) is 2.29. The minimum absolute atomic E-state index is 0.0423. The smallest absolute Gasteiger partial charge is 0.321 e. The second-order valence-electron chi connectivity index (χ2n) is 4.28. The number of hydrogen-bond acceptors (Lipinski definition) is 3. The highest BCUT2D eigenvalue weighted by molar-refractivity contribution is 6.02. The van der Waals surface area contributed by atoms with Gasteiger partial charge in [-0.15, -0.1) is 0 Å². The lowest BCUT2D eigenvalue weighted by Gasteiger charge is -2.06. The summed E-state index contributed by atoms with van der Waals surface area (Å²) in [4.78, 5) is 16.3. The predicted octanol–water partition coefficient (Wildman–Crippen LogP) is 2.12. The number of anilines is 1. The summed E-state index contributed by atoms with van der Waals surface area (Å²) in [5, 5.41) is 15.1. The molecule has 1 N–H and O–H groups in total. The molecule has 2 heterocycles. The second kappa shape index (κ2) is 4.97. The van der Waals surface area contributed by atoms with Crippen molar-refractivity contribution in [2.45, 2.75) is 0 Å². The number of rotatable bonds is 2. The Morgan fingerprint density at radius 3 is 2.80 bits per heavy atom. The number of amides is 1. The van der Waals surface area contributed by atoms with Crippen LogP contribution in [0.15, 0.2) is 60.9 Å². The monoisotopic (exact) mass is 265 g/mol. The van der Waals surface area contributed by atoms with Gasteiger partial charge in [-0.25, -0.2) is 0 Å². The molecule has 0 saturated carbocycles. The van der Waals surface area contributed by atoms with Gasteiger partial charge < -0.3 is 10.5 Å². The van der Waals surface area contributed by atoms with E-state index in [2.05, 4.69) is 10.3 Å². The van der Waals surface area contributed by atoms with Gasteiger partial charge >= 0.3 is 5.91 Å². The van der Waals surface area contributed by atoms with E-state index in [1.165, 1.54) is 12.3 Å². The van der Waals surface area contributed by atoms with Crippen LogP contribution in [-0.4, -0.2) is 10.9 Å². The number of nitrogens with one attached hydrogen (secondary N) is 1. The maximum absolute atomic E-state index is 12.0. The van der Waals surface area contributed by atoms with Gasteiger partial charge in [-0.3, -0.25) is 9.78 Å². The van der Waals surface area contributed by atoms with E-state index in [1.807, 2.05) is 30.3 Å². The van der Waals surface area contributed by atoms with Crippen molar-refractivity contribution in [2.75, 3.05) is 5.32 Å². The fourth-order valence-electron chi connectivity index (χ4n) is 1.94. The van der Waals surface area contributed by atoms with Gasteiger partial charge in [0.1, 0.15) is 0 Å². The van der Waals surface area contributed by atoms with Crippen molar-refractivity contribution in [1.29, 1.82) is 0 Å². The largest absolute Gasteiger partial charge is 0.618 e. The van der Waals surface area contributed by atoms with Gasteiger partial charge in [-0.1, -0.05) is 18.2 Å². The summed E-state index contributed by atoms with van der Waals surface area (Å²) < 4.78 is 0.532. The molecular formula is C15H11N3O2. The normalized spacial score (nSPS) is 10.4. The molecule has 5 nitrogen and oxygen atoms in total. The molecule has 0 saturated heterocycles. The third-order valence-corrected chi connectivity index (χ3v) is 2.91. The molecule has 3 aromatic rings. The first-order valence-electron chi connectivity index (χ1n) is 6.08. The average Bonchev–Trinajstić information content (AvgIpc) is 2.47. The summed E-state index contributed by atoms with van der Waals surface area (Å²) in [6.07, 6.45) is 2.85. The first-order chi connectivity index (χ1) is 9.74.